The van der Waals surface area contributed by atoms with Gasteiger partial charge in [0.05, 0.1) is 13.0 Å². The molecule has 20 heavy (non-hydrogen) atoms. The van der Waals surface area contributed by atoms with Crippen LogP contribution in [-0.4, -0.2) is 36.0 Å². The van der Waals surface area contributed by atoms with Crippen LogP contribution in [0, 0.1) is 0 Å². The third-order valence-electron chi connectivity index (χ3n) is 3.47. The third-order valence-corrected chi connectivity index (χ3v) is 3.47. The number of rotatable bonds is 4. The van der Waals surface area contributed by atoms with Crippen LogP contribution in [0.4, 0.5) is 5.69 Å². The zero-order chi connectivity index (χ0) is 14.5. The fraction of sp³-hybridized carbons (Fsp3) is 0.467. The standard InChI is InChI=1S/C15H20N2O3/c1-2-20-15(19)13-4-3-9-17(13)14(18)10-11-5-7-12(16)8-6-11/h5-8,13H,2-4,9-10,16H2,1H3. The Bertz CT molecular complexity index is 484. The molecule has 1 atom stereocenters. The first kappa shape index (κ1) is 14.4. The zero-order valence-corrected chi connectivity index (χ0v) is 11.7. The monoisotopic (exact) mass is 276 g/mol. The van der Waals surface area contributed by atoms with E-state index in [1.807, 2.05) is 12.1 Å². The van der Waals surface area contributed by atoms with Gasteiger partial charge in [0.15, 0.2) is 0 Å². The van der Waals surface area contributed by atoms with E-state index >= 15 is 0 Å². The van der Waals surface area contributed by atoms with Crippen molar-refractivity contribution in [3.05, 3.63) is 29.8 Å². The van der Waals surface area contributed by atoms with E-state index < -0.39 is 6.04 Å². The van der Waals surface area contributed by atoms with E-state index in [0.717, 1.165) is 12.0 Å². The molecule has 0 bridgehead atoms. The lowest BCUT2D eigenvalue weighted by Gasteiger charge is -2.23. The van der Waals surface area contributed by atoms with E-state index in [1.165, 1.54) is 0 Å². The molecule has 1 aromatic carbocycles. The van der Waals surface area contributed by atoms with E-state index in [-0.39, 0.29) is 18.3 Å². The smallest absolute Gasteiger partial charge is 0.328 e. The number of esters is 1. The van der Waals surface area contributed by atoms with Crippen molar-refractivity contribution in [3.8, 4) is 0 Å². The molecule has 1 fully saturated rings. The van der Waals surface area contributed by atoms with Crippen molar-refractivity contribution in [3.63, 3.8) is 0 Å². The lowest BCUT2D eigenvalue weighted by Crippen LogP contribution is -2.42. The van der Waals surface area contributed by atoms with Crippen molar-refractivity contribution in [2.24, 2.45) is 0 Å². The maximum atomic E-state index is 12.3. The second-order valence-electron chi connectivity index (χ2n) is 4.92. The number of hydrogen-bond donors (Lipinski definition) is 1. The first-order valence-electron chi connectivity index (χ1n) is 6.92. The van der Waals surface area contributed by atoms with Crippen LogP contribution >= 0.6 is 0 Å². The van der Waals surface area contributed by atoms with Crippen molar-refractivity contribution in [2.75, 3.05) is 18.9 Å². The van der Waals surface area contributed by atoms with Crippen LogP contribution in [-0.2, 0) is 20.7 Å². The fourth-order valence-electron chi connectivity index (χ4n) is 2.46. The Labute approximate surface area is 118 Å². The Morgan fingerprint density at radius 3 is 2.70 bits per heavy atom. The molecule has 0 spiro atoms. The fourth-order valence-corrected chi connectivity index (χ4v) is 2.46. The Morgan fingerprint density at radius 2 is 2.05 bits per heavy atom. The average Bonchev–Trinajstić information content (AvgIpc) is 2.91. The largest absolute Gasteiger partial charge is 0.464 e. The van der Waals surface area contributed by atoms with Crippen LogP contribution in [0.5, 0.6) is 0 Å². The minimum Gasteiger partial charge on any atom is -0.464 e. The molecule has 1 aliphatic rings. The van der Waals surface area contributed by atoms with E-state index in [1.54, 1.807) is 24.0 Å². The topological polar surface area (TPSA) is 72.6 Å². The molecule has 2 rings (SSSR count). The number of nitrogens with zero attached hydrogens (tertiary/aromatic N) is 1. The average molecular weight is 276 g/mol. The van der Waals surface area contributed by atoms with Crippen LogP contribution in [0.3, 0.4) is 0 Å². The maximum absolute atomic E-state index is 12.3. The predicted molar refractivity (Wildman–Crippen MR) is 75.9 cm³/mol. The van der Waals surface area contributed by atoms with Gasteiger partial charge in [-0.3, -0.25) is 4.79 Å². The minimum absolute atomic E-state index is 0.0367. The highest BCUT2D eigenvalue weighted by molar-refractivity contribution is 5.86. The van der Waals surface area contributed by atoms with Crippen molar-refractivity contribution < 1.29 is 14.3 Å². The highest BCUT2D eigenvalue weighted by atomic mass is 16.5. The number of amides is 1. The third kappa shape index (κ3) is 3.29. The SMILES string of the molecule is CCOC(=O)C1CCCN1C(=O)Cc1ccc(N)cc1. The Balaban J connectivity index is 2.00. The summed E-state index contributed by atoms with van der Waals surface area (Å²) in [7, 11) is 0. The molecule has 5 nitrogen and oxygen atoms in total. The highest BCUT2D eigenvalue weighted by Crippen LogP contribution is 2.20. The zero-order valence-electron chi connectivity index (χ0n) is 11.7. The number of likely N-dealkylation sites (tertiary alicyclic amines) is 1. The molecule has 1 aromatic rings. The van der Waals surface area contributed by atoms with Gasteiger partial charge in [-0.2, -0.15) is 0 Å². The number of nitrogen functional groups attached to an aromatic ring is 1. The van der Waals surface area contributed by atoms with Crippen LogP contribution in [0.1, 0.15) is 25.3 Å². The number of ether oxygens (including phenoxy) is 1. The maximum Gasteiger partial charge on any atom is 0.328 e. The molecule has 1 unspecified atom stereocenters. The molecule has 5 heteroatoms. The molecule has 108 valence electrons. The van der Waals surface area contributed by atoms with Crippen molar-refractivity contribution in [2.45, 2.75) is 32.2 Å². The molecule has 1 aliphatic heterocycles. The minimum atomic E-state index is -0.420. The molecule has 1 amide bonds. The summed E-state index contributed by atoms with van der Waals surface area (Å²) in [5.74, 6) is -0.332. The van der Waals surface area contributed by atoms with Gasteiger partial charge in [-0.15, -0.1) is 0 Å². The van der Waals surface area contributed by atoms with Crippen molar-refractivity contribution in [1.29, 1.82) is 0 Å². The summed E-state index contributed by atoms with van der Waals surface area (Å²) in [5, 5.41) is 0. The quantitative estimate of drug-likeness (QED) is 0.666. The van der Waals surface area contributed by atoms with Gasteiger partial charge >= 0.3 is 5.97 Å². The van der Waals surface area contributed by atoms with E-state index in [2.05, 4.69) is 0 Å². The number of anilines is 1. The van der Waals surface area contributed by atoms with Crippen LogP contribution in [0.15, 0.2) is 24.3 Å². The summed E-state index contributed by atoms with van der Waals surface area (Å²) in [6.07, 6.45) is 1.82. The Morgan fingerprint density at radius 1 is 1.35 bits per heavy atom. The van der Waals surface area contributed by atoms with Gasteiger partial charge in [0.2, 0.25) is 5.91 Å². The Kier molecular flexibility index (Phi) is 4.61. The van der Waals surface area contributed by atoms with E-state index in [0.29, 0.717) is 25.3 Å². The highest BCUT2D eigenvalue weighted by Gasteiger charge is 2.34. The first-order valence-corrected chi connectivity index (χ1v) is 6.92. The van der Waals surface area contributed by atoms with Gasteiger partial charge in [0, 0.05) is 12.2 Å². The predicted octanol–water partition coefficient (Wildman–Crippen LogP) is 1.37. The van der Waals surface area contributed by atoms with Gasteiger partial charge in [-0.25, -0.2) is 4.79 Å². The molecule has 1 saturated heterocycles. The summed E-state index contributed by atoms with van der Waals surface area (Å²) < 4.78 is 5.02. The second-order valence-corrected chi connectivity index (χ2v) is 4.92. The summed E-state index contributed by atoms with van der Waals surface area (Å²) in [6, 6.07) is 6.80. The molecule has 0 aromatic heterocycles. The molecular formula is C15H20N2O3. The first-order chi connectivity index (χ1) is 9.61. The summed E-state index contributed by atoms with van der Waals surface area (Å²) in [5.41, 5.74) is 7.19. The van der Waals surface area contributed by atoms with Crippen molar-refractivity contribution in [1.82, 2.24) is 4.90 Å². The summed E-state index contributed by atoms with van der Waals surface area (Å²) >= 11 is 0. The Hall–Kier alpha value is -2.04. The van der Waals surface area contributed by atoms with Crippen LogP contribution in [0.2, 0.25) is 0 Å². The van der Waals surface area contributed by atoms with E-state index in [4.69, 9.17) is 10.5 Å². The second kappa shape index (κ2) is 6.41. The lowest BCUT2D eigenvalue weighted by molar-refractivity contribution is -0.152. The molecule has 1 heterocycles. The number of carbonyl (C=O) groups excluding carboxylic acids is 2. The molecule has 2 N–H and O–H groups in total. The van der Waals surface area contributed by atoms with Crippen LogP contribution < -0.4 is 5.73 Å². The summed E-state index contributed by atoms with van der Waals surface area (Å²) in [6.45, 7) is 2.74. The number of hydrogen-bond acceptors (Lipinski definition) is 4. The number of carbonyl (C=O) groups is 2. The molecular weight excluding hydrogens is 256 g/mol. The van der Waals surface area contributed by atoms with Crippen molar-refractivity contribution >= 4 is 17.6 Å². The lowest BCUT2D eigenvalue weighted by atomic mass is 10.1. The molecule has 0 saturated carbocycles. The van der Waals surface area contributed by atoms with Gasteiger partial charge in [0.1, 0.15) is 6.04 Å². The van der Waals surface area contributed by atoms with Gasteiger partial charge in [-0.1, -0.05) is 12.1 Å². The van der Waals surface area contributed by atoms with E-state index in [9.17, 15) is 9.59 Å². The molecule has 0 radical (unpaired) electrons. The van der Waals surface area contributed by atoms with Gasteiger partial charge < -0.3 is 15.4 Å². The van der Waals surface area contributed by atoms with Gasteiger partial charge in [0.25, 0.3) is 0 Å². The number of benzene rings is 1. The van der Waals surface area contributed by atoms with Gasteiger partial charge in [-0.05, 0) is 37.5 Å². The normalized spacial score (nSPS) is 18.1. The number of nitrogens with two attached hydrogens (primary N) is 1. The van der Waals surface area contributed by atoms with Crippen LogP contribution in [0.25, 0.3) is 0 Å². The summed E-state index contributed by atoms with van der Waals surface area (Å²) in [4.78, 5) is 25.8. The molecule has 0 aliphatic carbocycles.